The molecule has 0 spiro atoms. The number of methoxy groups -OCH3 is 1. The lowest BCUT2D eigenvalue weighted by atomic mass is 10.1. The molecular formula is C17H24N2O3. The molecule has 1 aliphatic carbocycles. The highest BCUT2D eigenvalue weighted by atomic mass is 16.5. The van der Waals surface area contributed by atoms with Gasteiger partial charge in [-0.1, -0.05) is 29.8 Å². The summed E-state index contributed by atoms with van der Waals surface area (Å²) in [6.45, 7) is 3.60. The number of esters is 1. The van der Waals surface area contributed by atoms with Crippen molar-refractivity contribution in [1.82, 2.24) is 10.2 Å². The van der Waals surface area contributed by atoms with Crippen molar-refractivity contribution in [2.75, 3.05) is 20.2 Å². The minimum Gasteiger partial charge on any atom is -0.468 e. The number of nitrogens with zero attached hydrogens (tertiary/aromatic N) is 1. The number of amides is 1. The molecule has 0 saturated heterocycles. The molecule has 1 aromatic carbocycles. The molecule has 22 heavy (non-hydrogen) atoms. The molecule has 1 aliphatic rings. The van der Waals surface area contributed by atoms with E-state index in [1.54, 1.807) is 0 Å². The van der Waals surface area contributed by atoms with Gasteiger partial charge in [0.05, 0.1) is 7.11 Å². The van der Waals surface area contributed by atoms with E-state index in [9.17, 15) is 9.59 Å². The maximum Gasteiger partial charge on any atom is 0.325 e. The quantitative estimate of drug-likeness (QED) is 0.742. The molecule has 1 fully saturated rings. The molecule has 0 aromatic heterocycles. The van der Waals surface area contributed by atoms with E-state index in [0.717, 1.165) is 6.54 Å². The minimum atomic E-state index is -0.424. The molecule has 5 nitrogen and oxygen atoms in total. The second-order valence-electron chi connectivity index (χ2n) is 5.79. The first-order valence-corrected chi connectivity index (χ1v) is 7.71. The maximum absolute atomic E-state index is 11.8. The fourth-order valence-electron chi connectivity index (χ4n) is 2.33. The topological polar surface area (TPSA) is 58.6 Å². The Bertz CT molecular complexity index is 509. The smallest absolute Gasteiger partial charge is 0.325 e. The molecule has 0 bridgehead atoms. The van der Waals surface area contributed by atoms with Crippen LogP contribution < -0.4 is 5.32 Å². The summed E-state index contributed by atoms with van der Waals surface area (Å²) in [5, 5.41) is 2.58. The zero-order chi connectivity index (χ0) is 15.9. The third-order valence-corrected chi connectivity index (χ3v) is 3.85. The van der Waals surface area contributed by atoms with E-state index >= 15 is 0 Å². The van der Waals surface area contributed by atoms with Crippen LogP contribution in [0.1, 0.15) is 30.4 Å². The van der Waals surface area contributed by atoms with Crippen LogP contribution in [0.5, 0.6) is 0 Å². The summed E-state index contributed by atoms with van der Waals surface area (Å²) in [4.78, 5) is 25.1. The highest BCUT2D eigenvalue weighted by molar-refractivity contribution is 5.81. The fourth-order valence-corrected chi connectivity index (χ4v) is 2.33. The number of benzene rings is 1. The van der Waals surface area contributed by atoms with Crippen LogP contribution in [0.25, 0.3) is 0 Å². The van der Waals surface area contributed by atoms with Gasteiger partial charge >= 0.3 is 5.97 Å². The van der Waals surface area contributed by atoms with E-state index in [0.29, 0.717) is 19.0 Å². The van der Waals surface area contributed by atoms with Crippen LogP contribution in [-0.2, 0) is 20.9 Å². The number of carbonyl (C=O) groups is 2. The first kappa shape index (κ1) is 16.5. The molecule has 1 N–H and O–H groups in total. The van der Waals surface area contributed by atoms with Crippen LogP contribution in [0.3, 0.4) is 0 Å². The Hall–Kier alpha value is -1.88. The van der Waals surface area contributed by atoms with Crippen LogP contribution in [0.2, 0.25) is 0 Å². The second-order valence-corrected chi connectivity index (χ2v) is 5.79. The van der Waals surface area contributed by atoms with Gasteiger partial charge in [-0.15, -0.1) is 0 Å². The Morgan fingerprint density at radius 2 is 1.95 bits per heavy atom. The van der Waals surface area contributed by atoms with Gasteiger partial charge in [0.1, 0.15) is 6.54 Å². The lowest BCUT2D eigenvalue weighted by molar-refractivity contribution is -0.141. The largest absolute Gasteiger partial charge is 0.468 e. The van der Waals surface area contributed by atoms with Crippen molar-refractivity contribution < 1.29 is 14.3 Å². The second kappa shape index (κ2) is 7.94. The average molecular weight is 304 g/mol. The molecule has 1 aromatic rings. The number of aryl methyl sites for hydroxylation is 1. The highest BCUT2D eigenvalue weighted by Crippen LogP contribution is 2.28. The summed E-state index contributed by atoms with van der Waals surface area (Å²) in [6, 6.07) is 9.10. The zero-order valence-corrected chi connectivity index (χ0v) is 13.3. The highest BCUT2D eigenvalue weighted by Gasteiger charge is 2.29. The van der Waals surface area contributed by atoms with Crippen molar-refractivity contribution in [1.29, 1.82) is 0 Å². The normalized spacial score (nSPS) is 14.0. The zero-order valence-electron chi connectivity index (χ0n) is 13.3. The molecule has 0 unspecified atom stereocenters. The van der Waals surface area contributed by atoms with Gasteiger partial charge in [0.2, 0.25) is 5.91 Å². The van der Waals surface area contributed by atoms with Gasteiger partial charge in [-0.05, 0) is 25.3 Å². The van der Waals surface area contributed by atoms with Crippen molar-refractivity contribution in [3.8, 4) is 0 Å². The Labute approximate surface area is 131 Å². The van der Waals surface area contributed by atoms with Gasteiger partial charge in [0, 0.05) is 25.6 Å². The van der Waals surface area contributed by atoms with Crippen molar-refractivity contribution in [2.45, 2.75) is 38.8 Å². The summed E-state index contributed by atoms with van der Waals surface area (Å²) in [6.07, 6.45) is 2.81. The third-order valence-electron chi connectivity index (χ3n) is 3.85. The molecule has 0 atom stereocenters. The molecule has 2 rings (SSSR count). The Kier molecular flexibility index (Phi) is 5.95. The molecular weight excluding hydrogens is 280 g/mol. The van der Waals surface area contributed by atoms with Crippen LogP contribution in [-0.4, -0.2) is 43.0 Å². The van der Waals surface area contributed by atoms with Crippen molar-refractivity contribution in [2.24, 2.45) is 0 Å². The van der Waals surface area contributed by atoms with E-state index < -0.39 is 5.97 Å². The molecule has 5 heteroatoms. The fraction of sp³-hybridized carbons (Fsp3) is 0.529. The number of hydrogen-bond acceptors (Lipinski definition) is 4. The van der Waals surface area contributed by atoms with Gasteiger partial charge in [-0.25, -0.2) is 0 Å². The summed E-state index contributed by atoms with van der Waals surface area (Å²) in [7, 11) is 1.31. The standard InChI is InChI=1S/C17H24N2O3/c1-13-3-5-14(6-4-13)12-19(15-7-8-15)10-9-16(20)18-11-17(21)22-2/h3-6,15H,7-12H2,1-2H3,(H,18,20). The van der Waals surface area contributed by atoms with E-state index in [1.807, 2.05) is 0 Å². The van der Waals surface area contributed by atoms with Crippen LogP contribution in [0.15, 0.2) is 24.3 Å². The summed E-state index contributed by atoms with van der Waals surface area (Å²) in [5.41, 5.74) is 2.52. The Morgan fingerprint density at radius 1 is 1.27 bits per heavy atom. The minimum absolute atomic E-state index is 0.0588. The number of rotatable bonds is 8. The average Bonchev–Trinajstić information content (AvgIpc) is 3.35. The SMILES string of the molecule is COC(=O)CNC(=O)CCN(Cc1ccc(C)cc1)C1CC1. The van der Waals surface area contributed by atoms with Crippen LogP contribution in [0.4, 0.5) is 0 Å². The first-order valence-electron chi connectivity index (χ1n) is 7.71. The predicted octanol–water partition coefficient (Wildman–Crippen LogP) is 1.64. The van der Waals surface area contributed by atoms with E-state index in [2.05, 4.69) is 46.1 Å². The summed E-state index contributed by atoms with van der Waals surface area (Å²) in [5.74, 6) is -0.535. The monoisotopic (exact) mass is 304 g/mol. The van der Waals surface area contributed by atoms with E-state index in [-0.39, 0.29) is 12.5 Å². The third kappa shape index (κ3) is 5.48. The van der Waals surface area contributed by atoms with Gasteiger partial charge in [-0.2, -0.15) is 0 Å². The van der Waals surface area contributed by atoms with Gasteiger partial charge < -0.3 is 10.1 Å². The van der Waals surface area contributed by atoms with Crippen molar-refractivity contribution in [3.05, 3.63) is 35.4 Å². The molecule has 0 aliphatic heterocycles. The van der Waals surface area contributed by atoms with Gasteiger partial charge in [-0.3, -0.25) is 14.5 Å². The number of nitrogens with one attached hydrogen (secondary N) is 1. The van der Waals surface area contributed by atoms with Gasteiger partial charge in [0.25, 0.3) is 0 Å². The van der Waals surface area contributed by atoms with E-state index in [1.165, 1.54) is 31.1 Å². The Morgan fingerprint density at radius 3 is 2.55 bits per heavy atom. The van der Waals surface area contributed by atoms with Crippen LogP contribution in [0, 0.1) is 6.92 Å². The molecule has 1 amide bonds. The van der Waals surface area contributed by atoms with E-state index in [4.69, 9.17) is 0 Å². The van der Waals surface area contributed by atoms with Crippen molar-refractivity contribution in [3.63, 3.8) is 0 Å². The number of carbonyl (C=O) groups excluding carboxylic acids is 2. The van der Waals surface area contributed by atoms with Gasteiger partial charge in [0.15, 0.2) is 0 Å². The first-order chi connectivity index (χ1) is 10.6. The predicted molar refractivity (Wildman–Crippen MR) is 84.3 cm³/mol. The number of ether oxygens (including phenoxy) is 1. The molecule has 0 radical (unpaired) electrons. The van der Waals surface area contributed by atoms with Crippen molar-refractivity contribution >= 4 is 11.9 Å². The molecule has 1 saturated carbocycles. The maximum atomic E-state index is 11.8. The Balaban J connectivity index is 1.78. The molecule has 0 heterocycles. The lowest BCUT2D eigenvalue weighted by Gasteiger charge is -2.21. The molecule has 120 valence electrons. The lowest BCUT2D eigenvalue weighted by Crippen LogP contribution is -2.34. The number of hydrogen-bond donors (Lipinski definition) is 1. The summed E-state index contributed by atoms with van der Waals surface area (Å²) >= 11 is 0. The van der Waals surface area contributed by atoms with Crippen LogP contribution >= 0.6 is 0 Å². The summed E-state index contributed by atoms with van der Waals surface area (Å²) < 4.78 is 4.50.